The van der Waals surface area contributed by atoms with Gasteiger partial charge in [0.2, 0.25) is 9.84 Å². The lowest BCUT2D eigenvalue weighted by molar-refractivity contribution is 0.611. The molecule has 0 aliphatic rings. The largest absolute Gasteiger partial charge is 0.229 e. The third-order valence-corrected chi connectivity index (χ3v) is 4.30. The molecule has 11 heavy (non-hydrogen) atoms. The molecule has 0 aromatic heterocycles. The first-order valence-corrected chi connectivity index (χ1v) is 5.25. The molecule has 0 saturated heterocycles. The second-order valence-electron chi connectivity index (χ2n) is 1.33. The topological polar surface area (TPSA) is 34.1 Å². The molecule has 0 aliphatic heterocycles. The Bertz CT molecular complexity index is 265. The molecule has 0 rings (SSSR count). The summed E-state index contributed by atoms with van der Waals surface area (Å²) < 4.78 is 20.7. The van der Waals surface area contributed by atoms with Crippen LogP contribution in [-0.2, 0) is 9.84 Å². The summed E-state index contributed by atoms with van der Waals surface area (Å²) in [5.41, 5.74) is 1.39. The van der Waals surface area contributed by atoms with E-state index in [0.29, 0.717) is 11.1 Å². The van der Waals surface area contributed by atoms with Crippen molar-refractivity contribution in [2.24, 2.45) is 0 Å². The van der Waals surface area contributed by atoms with Gasteiger partial charge in [-0.1, -0.05) is 46.4 Å². The molecule has 0 aliphatic carbocycles. The van der Waals surface area contributed by atoms with Gasteiger partial charge in [0.15, 0.2) is 0 Å². The zero-order valence-corrected chi connectivity index (χ0v) is 8.73. The zero-order valence-electron chi connectivity index (χ0n) is 4.89. The van der Waals surface area contributed by atoms with Crippen LogP contribution in [0.2, 0.25) is 0 Å². The van der Waals surface area contributed by atoms with Crippen LogP contribution in [0.25, 0.3) is 0 Å². The number of rotatable bonds is 2. The summed E-state index contributed by atoms with van der Waals surface area (Å²) in [6.07, 6.45) is 0. The minimum atomic E-state index is -3.85. The van der Waals surface area contributed by atoms with Crippen molar-refractivity contribution in [3.63, 3.8) is 0 Å². The Hall–Kier alpha value is 0.590. The quantitative estimate of drug-likeness (QED) is 0.761. The number of hydrogen-bond acceptors (Lipinski definition) is 2. The lowest BCUT2D eigenvalue weighted by Gasteiger charge is -1.96. The van der Waals surface area contributed by atoms with Gasteiger partial charge in [-0.3, -0.25) is 0 Å². The highest BCUT2D eigenvalue weighted by molar-refractivity contribution is 8.02. The maximum absolute atomic E-state index is 10.9. The van der Waals surface area contributed by atoms with E-state index in [-0.39, 0.29) is 0 Å². The molecule has 0 aromatic carbocycles. The van der Waals surface area contributed by atoms with Crippen LogP contribution in [0.3, 0.4) is 0 Å². The molecule has 0 unspecified atom stereocenters. The van der Waals surface area contributed by atoms with Crippen molar-refractivity contribution in [2.45, 2.75) is 0 Å². The van der Waals surface area contributed by atoms with Gasteiger partial charge in [-0.15, -0.1) is 0 Å². The van der Waals surface area contributed by atoms with Crippen molar-refractivity contribution in [1.82, 2.24) is 0 Å². The summed E-state index contributed by atoms with van der Waals surface area (Å²) in [5, 5.41) is 0. The molecule has 0 heterocycles. The SMILES string of the molecule is O=S(=O)(C(Cl)=CCl)C(Cl)=CCl. The highest BCUT2D eigenvalue weighted by atomic mass is 35.5. The average molecular weight is 256 g/mol. The van der Waals surface area contributed by atoms with Crippen molar-refractivity contribution < 1.29 is 8.42 Å². The summed E-state index contributed by atoms with van der Waals surface area (Å²) in [6.45, 7) is 0. The smallest absolute Gasteiger partial charge is 0.217 e. The van der Waals surface area contributed by atoms with Gasteiger partial charge in [-0.25, -0.2) is 8.42 Å². The summed E-state index contributed by atoms with van der Waals surface area (Å²) in [6, 6.07) is 0. The second kappa shape index (κ2) is 4.58. The maximum atomic E-state index is 10.9. The predicted molar refractivity (Wildman–Crippen MR) is 48.5 cm³/mol. The summed E-state index contributed by atoms with van der Waals surface area (Å²) in [4.78, 5) is 0. The molecule has 0 atom stereocenters. The summed E-state index contributed by atoms with van der Waals surface area (Å²) in [7, 11) is -3.85. The fraction of sp³-hybridized carbons (Fsp3) is 0. The Labute approximate surface area is 84.3 Å². The van der Waals surface area contributed by atoms with Crippen LogP contribution in [-0.4, -0.2) is 8.42 Å². The van der Waals surface area contributed by atoms with E-state index in [2.05, 4.69) is 0 Å². The first kappa shape index (κ1) is 11.6. The van der Waals surface area contributed by atoms with Gasteiger partial charge in [0.05, 0.1) is 0 Å². The van der Waals surface area contributed by atoms with Crippen LogP contribution in [0, 0.1) is 0 Å². The number of hydrogen-bond donors (Lipinski definition) is 0. The van der Waals surface area contributed by atoms with Crippen molar-refractivity contribution in [3.05, 3.63) is 19.8 Å². The minimum absolute atomic E-state index is 0.568. The fourth-order valence-corrected chi connectivity index (χ4v) is 1.95. The third kappa shape index (κ3) is 2.84. The van der Waals surface area contributed by atoms with E-state index in [1.807, 2.05) is 0 Å². The molecule has 0 amide bonds. The molecular weight excluding hydrogens is 254 g/mol. The van der Waals surface area contributed by atoms with E-state index in [1.165, 1.54) is 0 Å². The Morgan fingerprint density at radius 2 is 1.27 bits per heavy atom. The minimum Gasteiger partial charge on any atom is -0.217 e. The van der Waals surface area contributed by atoms with Gasteiger partial charge < -0.3 is 0 Å². The lowest BCUT2D eigenvalue weighted by Crippen LogP contribution is -1.97. The molecular formula is C4H2Cl4O2S. The van der Waals surface area contributed by atoms with Crippen molar-refractivity contribution in [3.8, 4) is 0 Å². The molecule has 0 aromatic rings. The predicted octanol–water partition coefficient (Wildman–Crippen LogP) is 2.95. The fourth-order valence-electron chi connectivity index (χ4n) is 0.210. The van der Waals surface area contributed by atoms with Crippen LogP contribution in [0.15, 0.2) is 19.8 Å². The summed E-state index contributed by atoms with van der Waals surface area (Å²) in [5.74, 6) is 0. The standard InChI is InChI=1S/C4H2Cl4O2S/c5-1-3(7)11(9,10)4(8)2-6/h1-2H. The first-order chi connectivity index (χ1) is 4.96. The Morgan fingerprint density at radius 1 is 1.00 bits per heavy atom. The van der Waals surface area contributed by atoms with Crippen LogP contribution in [0.4, 0.5) is 0 Å². The molecule has 0 spiro atoms. The lowest BCUT2D eigenvalue weighted by atomic mass is 11.2. The van der Waals surface area contributed by atoms with Crippen molar-refractivity contribution >= 4 is 56.2 Å². The van der Waals surface area contributed by atoms with E-state index in [9.17, 15) is 8.42 Å². The van der Waals surface area contributed by atoms with E-state index in [1.54, 1.807) is 0 Å². The molecule has 0 radical (unpaired) electrons. The Kier molecular flexibility index (Phi) is 4.82. The van der Waals surface area contributed by atoms with Crippen LogP contribution in [0.5, 0.6) is 0 Å². The molecule has 7 heteroatoms. The third-order valence-electron chi connectivity index (χ3n) is 0.685. The normalized spacial score (nSPS) is 15.3. The number of sulfone groups is 1. The van der Waals surface area contributed by atoms with Crippen LogP contribution >= 0.6 is 46.4 Å². The van der Waals surface area contributed by atoms with Crippen LogP contribution < -0.4 is 0 Å². The zero-order chi connectivity index (χ0) is 9.07. The average Bonchev–Trinajstić information content (AvgIpc) is 2.01. The van der Waals surface area contributed by atoms with Gasteiger partial charge in [-0.2, -0.15) is 0 Å². The Balaban J connectivity index is 5.09. The monoisotopic (exact) mass is 254 g/mol. The van der Waals surface area contributed by atoms with Gasteiger partial charge in [0.1, 0.15) is 8.73 Å². The van der Waals surface area contributed by atoms with Crippen LogP contribution in [0.1, 0.15) is 0 Å². The highest BCUT2D eigenvalue weighted by Gasteiger charge is 2.19. The van der Waals surface area contributed by atoms with Crippen molar-refractivity contribution in [1.29, 1.82) is 0 Å². The molecule has 0 fully saturated rings. The summed E-state index contributed by atoms with van der Waals surface area (Å²) >= 11 is 20.4. The van der Waals surface area contributed by atoms with Gasteiger partial charge in [-0.05, 0) is 0 Å². The molecule has 0 N–H and O–H groups in total. The van der Waals surface area contributed by atoms with Gasteiger partial charge in [0, 0.05) is 11.1 Å². The first-order valence-electron chi connectivity index (χ1n) is 2.13. The van der Waals surface area contributed by atoms with Gasteiger partial charge >= 0.3 is 0 Å². The van der Waals surface area contributed by atoms with E-state index < -0.39 is 18.6 Å². The molecule has 64 valence electrons. The molecule has 0 saturated carbocycles. The second-order valence-corrected chi connectivity index (χ2v) is 4.92. The van der Waals surface area contributed by atoms with E-state index in [0.717, 1.165) is 0 Å². The highest BCUT2D eigenvalue weighted by Crippen LogP contribution is 2.24. The van der Waals surface area contributed by atoms with Gasteiger partial charge in [0.25, 0.3) is 0 Å². The Morgan fingerprint density at radius 3 is 1.45 bits per heavy atom. The molecule has 0 bridgehead atoms. The maximum Gasteiger partial charge on any atom is 0.229 e. The molecule has 2 nitrogen and oxygen atoms in total. The van der Waals surface area contributed by atoms with Crippen molar-refractivity contribution in [2.75, 3.05) is 0 Å². The van der Waals surface area contributed by atoms with E-state index >= 15 is 0 Å². The number of halogens is 4. The van der Waals surface area contributed by atoms with E-state index in [4.69, 9.17) is 46.4 Å².